The molecule has 0 aromatic carbocycles. The molecule has 1 amide bonds. The predicted molar refractivity (Wildman–Crippen MR) is 81.6 cm³/mol. The number of hydrogen-bond donors (Lipinski definition) is 1. The summed E-state index contributed by atoms with van der Waals surface area (Å²) in [5.74, 6) is 1.07. The maximum Gasteiger partial charge on any atom is 0.219 e. The molecule has 0 unspecified atom stereocenters. The molecule has 4 nitrogen and oxygen atoms in total. The van der Waals surface area contributed by atoms with E-state index in [2.05, 4.69) is 30.2 Å². The highest BCUT2D eigenvalue weighted by atomic mass is 16.2. The number of carbonyl (C=O) groups excluding carboxylic acids is 1. The first-order chi connectivity index (χ1) is 9.61. The van der Waals surface area contributed by atoms with E-state index in [0.717, 1.165) is 37.2 Å². The highest BCUT2D eigenvalue weighted by Gasteiger charge is 2.25. The Labute approximate surface area is 121 Å². The van der Waals surface area contributed by atoms with E-state index in [1.807, 2.05) is 17.2 Å². The first-order valence-corrected chi connectivity index (χ1v) is 7.61. The minimum absolute atomic E-state index is 0.163. The summed E-state index contributed by atoms with van der Waals surface area (Å²) in [6.45, 7) is 6.82. The molecule has 110 valence electrons. The van der Waals surface area contributed by atoms with Crippen LogP contribution in [0.15, 0.2) is 18.3 Å². The smallest absolute Gasteiger partial charge is 0.219 e. The lowest BCUT2D eigenvalue weighted by Crippen LogP contribution is -2.36. The summed E-state index contributed by atoms with van der Waals surface area (Å²) < 4.78 is 0. The molecular formula is C16H25N3O. The Morgan fingerprint density at radius 2 is 2.30 bits per heavy atom. The molecule has 1 aromatic heterocycles. The van der Waals surface area contributed by atoms with Gasteiger partial charge in [0.1, 0.15) is 5.82 Å². The highest BCUT2D eigenvalue weighted by Crippen LogP contribution is 2.30. The maximum atomic E-state index is 11.7. The van der Waals surface area contributed by atoms with Gasteiger partial charge in [0.2, 0.25) is 5.91 Å². The Morgan fingerprint density at radius 1 is 1.50 bits per heavy atom. The van der Waals surface area contributed by atoms with Crippen LogP contribution in [0, 0.1) is 0 Å². The summed E-state index contributed by atoms with van der Waals surface area (Å²) in [7, 11) is 0. The average molecular weight is 275 g/mol. The van der Waals surface area contributed by atoms with E-state index < -0.39 is 0 Å². The largest absolute Gasteiger partial charge is 0.368 e. The fraction of sp³-hybridized carbons (Fsp3) is 0.625. The van der Waals surface area contributed by atoms with Crippen LogP contribution in [0.25, 0.3) is 0 Å². The average Bonchev–Trinajstić information content (AvgIpc) is 2.48. The molecule has 2 rings (SSSR count). The number of likely N-dealkylation sites (tertiary alicyclic amines) is 1. The van der Waals surface area contributed by atoms with E-state index in [1.165, 1.54) is 6.42 Å². The lowest BCUT2D eigenvalue weighted by atomic mass is 9.96. The maximum absolute atomic E-state index is 11.7. The van der Waals surface area contributed by atoms with Crippen molar-refractivity contribution in [1.82, 2.24) is 9.88 Å². The normalized spacial score (nSPS) is 20.6. The van der Waals surface area contributed by atoms with Crippen LogP contribution in [0.3, 0.4) is 0 Å². The Morgan fingerprint density at radius 3 is 2.90 bits per heavy atom. The number of piperidine rings is 1. The molecule has 0 bridgehead atoms. The first kappa shape index (κ1) is 14.8. The van der Waals surface area contributed by atoms with E-state index in [1.54, 1.807) is 6.92 Å². The van der Waals surface area contributed by atoms with Crippen molar-refractivity contribution in [3.63, 3.8) is 0 Å². The fourth-order valence-corrected chi connectivity index (χ4v) is 2.70. The van der Waals surface area contributed by atoms with Crippen molar-refractivity contribution in [2.75, 3.05) is 11.9 Å². The minimum atomic E-state index is 0.163. The molecule has 20 heavy (non-hydrogen) atoms. The van der Waals surface area contributed by atoms with Gasteiger partial charge >= 0.3 is 0 Å². The van der Waals surface area contributed by atoms with Crippen LogP contribution >= 0.6 is 0 Å². The number of hydrogen-bond acceptors (Lipinski definition) is 3. The van der Waals surface area contributed by atoms with Crippen molar-refractivity contribution >= 4 is 11.7 Å². The fourth-order valence-electron chi connectivity index (χ4n) is 2.70. The minimum Gasteiger partial charge on any atom is -0.368 e. The van der Waals surface area contributed by atoms with Crippen LogP contribution in [0.4, 0.5) is 5.82 Å². The number of nitrogens with one attached hydrogen (secondary N) is 1. The van der Waals surface area contributed by atoms with Gasteiger partial charge in [0.05, 0.1) is 6.04 Å². The van der Waals surface area contributed by atoms with Gasteiger partial charge < -0.3 is 10.2 Å². The van der Waals surface area contributed by atoms with Gasteiger partial charge in [-0.2, -0.15) is 0 Å². The Hall–Kier alpha value is -1.58. The van der Waals surface area contributed by atoms with Gasteiger partial charge in [0.15, 0.2) is 0 Å². The Bertz CT molecular complexity index is 444. The van der Waals surface area contributed by atoms with Gasteiger partial charge in [-0.1, -0.05) is 13.0 Å². The standard InChI is InChI=1S/C16H25N3O/c1-4-12(2)18-16-9-8-14(11-17-16)15-7-5-6-10-19(15)13(3)20/h8-9,11-12,15H,4-7,10H2,1-3H3,(H,17,18)/t12-,15+/m1/s1. The third-order valence-electron chi connectivity index (χ3n) is 4.09. The van der Waals surface area contributed by atoms with E-state index in [-0.39, 0.29) is 11.9 Å². The van der Waals surface area contributed by atoms with Crippen LogP contribution in [0.2, 0.25) is 0 Å². The third-order valence-corrected chi connectivity index (χ3v) is 4.09. The highest BCUT2D eigenvalue weighted by molar-refractivity contribution is 5.74. The van der Waals surface area contributed by atoms with Crippen molar-refractivity contribution in [2.45, 2.75) is 58.5 Å². The number of amides is 1. The Kier molecular flexibility index (Phi) is 4.99. The zero-order valence-electron chi connectivity index (χ0n) is 12.7. The van der Waals surface area contributed by atoms with Crippen molar-refractivity contribution in [3.05, 3.63) is 23.9 Å². The summed E-state index contributed by atoms with van der Waals surface area (Å²) in [6, 6.07) is 4.75. The summed E-state index contributed by atoms with van der Waals surface area (Å²) in [5.41, 5.74) is 1.15. The summed E-state index contributed by atoms with van der Waals surface area (Å²) in [6.07, 6.45) is 6.32. The molecule has 0 radical (unpaired) electrons. The molecule has 0 aliphatic carbocycles. The molecular weight excluding hydrogens is 250 g/mol. The van der Waals surface area contributed by atoms with E-state index in [4.69, 9.17) is 0 Å². The van der Waals surface area contributed by atoms with E-state index >= 15 is 0 Å². The molecule has 1 fully saturated rings. The molecule has 2 atom stereocenters. The van der Waals surface area contributed by atoms with Crippen molar-refractivity contribution in [1.29, 1.82) is 0 Å². The number of anilines is 1. The van der Waals surface area contributed by atoms with Crippen LogP contribution in [-0.4, -0.2) is 28.4 Å². The number of carbonyl (C=O) groups is 1. The first-order valence-electron chi connectivity index (χ1n) is 7.61. The van der Waals surface area contributed by atoms with Gasteiger partial charge in [0.25, 0.3) is 0 Å². The van der Waals surface area contributed by atoms with Gasteiger partial charge in [-0.05, 0) is 44.2 Å². The molecule has 2 heterocycles. The molecule has 1 aliphatic heterocycles. The van der Waals surface area contributed by atoms with Crippen LogP contribution < -0.4 is 5.32 Å². The summed E-state index contributed by atoms with van der Waals surface area (Å²) in [4.78, 5) is 18.2. The lowest BCUT2D eigenvalue weighted by molar-refractivity contribution is -0.132. The quantitative estimate of drug-likeness (QED) is 0.916. The zero-order chi connectivity index (χ0) is 14.5. The summed E-state index contributed by atoms with van der Waals surface area (Å²) >= 11 is 0. The second kappa shape index (κ2) is 6.73. The molecule has 1 aromatic rings. The molecule has 0 saturated carbocycles. The molecule has 1 saturated heterocycles. The van der Waals surface area contributed by atoms with Gasteiger partial charge in [-0.15, -0.1) is 0 Å². The van der Waals surface area contributed by atoms with E-state index in [0.29, 0.717) is 6.04 Å². The molecule has 4 heteroatoms. The van der Waals surface area contributed by atoms with Crippen LogP contribution in [0.1, 0.15) is 58.1 Å². The number of aromatic nitrogens is 1. The SMILES string of the molecule is CC[C@@H](C)Nc1ccc([C@@H]2CCCCN2C(C)=O)cn1. The predicted octanol–water partition coefficient (Wildman–Crippen LogP) is 3.37. The third kappa shape index (κ3) is 3.50. The number of nitrogens with zero attached hydrogens (tertiary/aromatic N) is 2. The second-order valence-corrected chi connectivity index (χ2v) is 5.65. The molecule has 1 aliphatic rings. The van der Waals surface area contributed by atoms with Crippen molar-refractivity contribution in [3.8, 4) is 0 Å². The second-order valence-electron chi connectivity index (χ2n) is 5.65. The zero-order valence-corrected chi connectivity index (χ0v) is 12.7. The molecule has 0 spiro atoms. The van der Waals surface area contributed by atoms with Gasteiger partial charge in [-0.25, -0.2) is 4.98 Å². The van der Waals surface area contributed by atoms with Crippen molar-refractivity contribution in [2.24, 2.45) is 0 Å². The van der Waals surface area contributed by atoms with Gasteiger partial charge in [0, 0.05) is 25.7 Å². The lowest BCUT2D eigenvalue weighted by Gasteiger charge is -2.35. The monoisotopic (exact) mass is 275 g/mol. The molecule has 1 N–H and O–H groups in total. The van der Waals surface area contributed by atoms with E-state index in [9.17, 15) is 4.79 Å². The summed E-state index contributed by atoms with van der Waals surface area (Å²) in [5, 5.41) is 3.36. The number of rotatable bonds is 4. The van der Waals surface area contributed by atoms with Crippen LogP contribution in [-0.2, 0) is 4.79 Å². The topological polar surface area (TPSA) is 45.2 Å². The Balaban J connectivity index is 2.09. The van der Waals surface area contributed by atoms with Crippen molar-refractivity contribution < 1.29 is 4.79 Å². The van der Waals surface area contributed by atoms with Crippen LogP contribution in [0.5, 0.6) is 0 Å². The van der Waals surface area contributed by atoms with Gasteiger partial charge in [-0.3, -0.25) is 4.79 Å². The number of pyridine rings is 1.